The molecular weight excluding hydrogens is 342 g/mol. The lowest BCUT2D eigenvalue weighted by Gasteiger charge is -2.10. The van der Waals surface area contributed by atoms with Gasteiger partial charge in [0, 0.05) is 5.56 Å². The average Bonchev–Trinajstić information content (AvgIpc) is 2.40. The van der Waals surface area contributed by atoms with Crippen LogP contribution >= 0.6 is 15.9 Å². The van der Waals surface area contributed by atoms with Crippen LogP contribution in [0.15, 0.2) is 40.9 Å². The van der Waals surface area contributed by atoms with Gasteiger partial charge in [0.1, 0.15) is 5.75 Å². The van der Waals surface area contributed by atoms with E-state index in [1.54, 1.807) is 19.1 Å². The Morgan fingerprint density at radius 3 is 2.62 bits per heavy atom. The molecule has 0 aromatic heterocycles. The highest BCUT2D eigenvalue weighted by Crippen LogP contribution is 2.37. The Kier molecular flexibility index (Phi) is 4.23. The number of nitro groups is 1. The molecule has 7 heteroatoms. The number of aromatic carboxylic acids is 1. The molecule has 0 aliphatic carbocycles. The predicted molar refractivity (Wildman–Crippen MR) is 79.0 cm³/mol. The molecule has 6 nitrogen and oxygen atoms in total. The number of carboxylic acids is 1. The predicted octanol–water partition coefficient (Wildman–Crippen LogP) is 4.16. The zero-order chi connectivity index (χ0) is 15.6. The van der Waals surface area contributed by atoms with Crippen LogP contribution in [0.1, 0.15) is 15.9 Å². The maximum atomic E-state index is 11.1. The third-order valence-corrected chi connectivity index (χ3v) is 3.44. The summed E-state index contributed by atoms with van der Waals surface area (Å²) in [5, 5.41) is 20.1. The van der Waals surface area contributed by atoms with E-state index >= 15 is 0 Å². The molecule has 0 unspecified atom stereocenters. The summed E-state index contributed by atoms with van der Waals surface area (Å²) in [6.45, 7) is 1.60. The first kappa shape index (κ1) is 15.0. The molecule has 0 atom stereocenters. The van der Waals surface area contributed by atoms with Crippen LogP contribution in [0.2, 0.25) is 0 Å². The number of carboxylic acid groups (broad SMARTS) is 1. The van der Waals surface area contributed by atoms with E-state index in [-0.39, 0.29) is 22.7 Å². The molecule has 0 saturated carbocycles. The fourth-order valence-corrected chi connectivity index (χ4v) is 2.11. The standard InChI is InChI=1S/C14H10BrNO5/c1-8-3-2-4-11(13(8)16(19)20)21-12-7-9(14(17)18)5-6-10(12)15/h2-7H,1H3,(H,17,18). The van der Waals surface area contributed by atoms with E-state index in [4.69, 9.17) is 9.84 Å². The number of ether oxygens (including phenoxy) is 1. The lowest BCUT2D eigenvalue weighted by Crippen LogP contribution is -1.99. The number of benzene rings is 2. The number of nitro benzene ring substituents is 1. The van der Waals surface area contributed by atoms with Crippen LogP contribution in [0.25, 0.3) is 0 Å². The van der Waals surface area contributed by atoms with Crippen molar-refractivity contribution < 1.29 is 19.6 Å². The molecule has 0 heterocycles. The Morgan fingerprint density at radius 1 is 1.29 bits per heavy atom. The second-order valence-corrected chi connectivity index (χ2v) is 5.09. The highest BCUT2D eigenvalue weighted by Gasteiger charge is 2.20. The maximum absolute atomic E-state index is 11.1. The molecule has 0 radical (unpaired) electrons. The Labute approximate surface area is 128 Å². The van der Waals surface area contributed by atoms with Gasteiger partial charge in [0.15, 0.2) is 0 Å². The van der Waals surface area contributed by atoms with Crippen molar-refractivity contribution in [2.75, 3.05) is 0 Å². The van der Waals surface area contributed by atoms with E-state index < -0.39 is 10.9 Å². The number of carbonyl (C=O) groups is 1. The lowest BCUT2D eigenvalue weighted by atomic mass is 10.2. The first-order valence-corrected chi connectivity index (χ1v) is 6.64. The van der Waals surface area contributed by atoms with E-state index in [2.05, 4.69) is 15.9 Å². The minimum absolute atomic E-state index is 0.0310. The fourth-order valence-electron chi connectivity index (χ4n) is 1.78. The number of aryl methyl sites for hydroxylation is 1. The molecule has 0 saturated heterocycles. The summed E-state index contributed by atoms with van der Waals surface area (Å²) < 4.78 is 6.02. The minimum Gasteiger partial charge on any atom is -0.478 e. The quantitative estimate of drug-likeness (QED) is 0.659. The van der Waals surface area contributed by atoms with Crippen LogP contribution in [-0.4, -0.2) is 16.0 Å². The van der Waals surface area contributed by atoms with Gasteiger partial charge < -0.3 is 9.84 Å². The first-order valence-electron chi connectivity index (χ1n) is 5.85. The molecule has 108 valence electrons. The number of nitrogens with zero attached hydrogens (tertiary/aromatic N) is 1. The summed E-state index contributed by atoms with van der Waals surface area (Å²) in [7, 11) is 0. The van der Waals surface area contributed by atoms with Gasteiger partial charge in [-0.25, -0.2) is 4.79 Å². The van der Waals surface area contributed by atoms with Gasteiger partial charge in [0.05, 0.1) is 15.0 Å². The highest BCUT2D eigenvalue weighted by atomic mass is 79.9. The second-order valence-electron chi connectivity index (χ2n) is 4.23. The topological polar surface area (TPSA) is 89.7 Å². The number of halogens is 1. The van der Waals surface area contributed by atoms with Crippen molar-refractivity contribution in [1.29, 1.82) is 0 Å². The third kappa shape index (κ3) is 3.19. The molecule has 0 amide bonds. The van der Waals surface area contributed by atoms with Crippen LogP contribution in [0.5, 0.6) is 11.5 Å². The SMILES string of the molecule is Cc1cccc(Oc2cc(C(=O)O)ccc2Br)c1[N+](=O)[O-]. The molecule has 0 aliphatic heterocycles. The van der Waals surface area contributed by atoms with Crippen molar-refractivity contribution >= 4 is 27.6 Å². The lowest BCUT2D eigenvalue weighted by molar-refractivity contribution is -0.386. The Hall–Kier alpha value is -2.41. The molecule has 0 bridgehead atoms. The third-order valence-electron chi connectivity index (χ3n) is 2.78. The smallest absolute Gasteiger partial charge is 0.335 e. The summed E-state index contributed by atoms with van der Waals surface area (Å²) in [5.74, 6) is -0.849. The number of hydrogen-bond donors (Lipinski definition) is 1. The average molecular weight is 352 g/mol. The van der Waals surface area contributed by atoms with Crippen molar-refractivity contribution in [2.24, 2.45) is 0 Å². The Morgan fingerprint density at radius 2 is 2.00 bits per heavy atom. The van der Waals surface area contributed by atoms with Crippen LogP contribution in [0, 0.1) is 17.0 Å². The number of hydrogen-bond acceptors (Lipinski definition) is 4. The number of para-hydroxylation sites is 1. The van der Waals surface area contributed by atoms with E-state index in [9.17, 15) is 14.9 Å². The largest absolute Gasteiger partial charge is 0.478 e. The summed E-state index contributed by atoms with van der Waals surface area (Å²) in [4.78, 5) is 21.6. The van der Waals surface area contributed by atoms with Crippen LogP contribution < -0.4 is 4.74 Å². The molecule has 1 N–H and O–H groups in total. The monoisotopic (exact) mass is 351 g/mol. The van der Waals surface area contributed by atoms with Gasteiger partial charge in [-0.2, -0.15) is 0 Å². The second kappa shape index (κ2) is 5.92. The van der Waals surface area contributed by atoms with Crippen LogP contribution in [-0.2, 0) is 0 Å². The van der Waals surface area contributed by atoms with Gasteiger partial charge in [-0.05, 0) is 47.1 Å². The van der Waals surface area contributed by atoms with Crippen molar-refractivity contribution in [1.82, 2.24) is 0 Å². The van der Waals surface area contributed by atoms with Gasteiger partial charge in [-0.15, -0.1) is 0 Å². The fraction of sp³-hybridized carbons (Fsp3) is 0.0714. The Bertz CT molecular complexity index is 729. The molecule has 0 fully saturated rings. The molecule has 2 aromatic carbocycles. The zero-order valence-corrected chi connectivity index (χ0v) is 12.5. The summed E-state index contributed by atoms with van der Waals surface area (Å²) >= 11 is 3.23. The molecular formula is C14H10BrNO5. The summed E-state index contributed by atoms with van der Waals surface area (Å²) in [6.07, 6.45) is 0. The normalized spacial score (nSPS) is 10.2. The van der Waals surface area contributed by atoms with E-state index in [0.29, 0.717) is 10.0 Å². The highest BCUT2D eigenvalue weighted by molar-refractivity contribution is 9.10. The van der Waals surface area contributed by atoms with Gasteiger partial charge >= 0.3 is 11.7 Å². The van der Waals surface area contributed by atoms with Crippen molar-refractivity contribution in [2.45, 2.75) is 6.92 Å². The van der Waals surface area contributed by atoms with Crippen LogP contribution in [0.4, 0.5) is 5.69 Å². The van der Waals surface area contributed by atoms with Gasteiger partial charge in [-0.3, -0.25) is 10.1 Å². The van der Waals surface area contributed by atoms with Gasteiger partial charge in [0.2, 0.25) is 5.75 Å². The minimum atomic E-state index is -1.11. The maximum Gasteiger partial charge on any atom is 0.335 e. The molecule has 0 spiro atoms. The Balaban J connectivity index is 2.48. The molecule has 21 heavy (non-hydrogen) atoms. The molecule has 2 rings (SSSR count). The molecule has 2 aromatic rings. The van der Waals surface area contributed by atoms with Gasteiger partial charge in [-0.1, -0.05) is 12.1 Å². The summed E-state index contributed by atoms with van der Waals surface area (Å²) in [6, 6.07) is 8.92. The van der Waals surface area contributed by atoms with Gasteiger partial charge in [0.25, 0.3) is 0 Å². The zero-order valence-electron chi connectivity index (χ0n) is 10.9. The van der Waals surface area contributed by atoms with Crippen molar-refractivity contribution in [3.8, 4) is 11.5 Å². The first-order chi connectivity index (χ1) is 9.90. The van der Waals surface area contributed by atoms with E-state index in [0.717, 1.165) is 0 Å². The van der Waals surface area contributed by atoms with E-state index in [1.165, 1.54) is 24.3 Å². The molecule has 0 aliphatic rings. The summed E-state index contributed by atoms with van der Waals surface area (Å²) in [5.41, 5.74) is 0.344. The van der Waals surface area contributed by atoms with Crippen molar-refractivity contribution in [3.63, 3.8) is 0 Å². The number of rotatable bonds is 4. The van der Waals surface area contributed by atoms with Crippen molar-refractivity contribution in [3.05, 3.63) is 62.1 Å². The van der Waals surface area contributed by atoms with E-state index in [1.807, 2.05) is 0 Å². The van der Waals surface area contributed by atoms with Crippen LogP contribution in [0.3, 0.4) is 0 Å².